The molecule has 1 amide bonds. The second-order valence-electron chi connectivity index (χ2n) is 3.33. The average molecular weight is 255 g/mol. The Balaban J connectivity index is 2.17. The van der Waals surface area contributed by atoms with Crippen LogP contribution in [-0.4, -0.2) is 21.1 Å². The molecular formula is C10H8ClFN4O. The van der Waals surface area contributed by atoms with Crippen molar-refractivity contribution < 1.29 is 9.18 Å². The van der Waals surface area contributed by atoms with Gasteiger partial charge in [0.15, 0.2) is 0 Å². The minimum atomic E-state index is -0.648. The number of anilines is 1. The van der Waals surface area contributed by atoms with Crippen LogP contribution in [0.1, 0.15) is 16.2 Å². The predicted molar refractivity (Wildman–Crippen MR) is 60.5 cm³/mol. The van der Waals surface area contributed by atoms with Crippen molar-refractivity contribution in [1.29, 1.82) is 0 Å². The largest absolute Gasteiger partial charge is 0.289 e. The van der Waals surface area contributed by atoms with Gasteiger partial charge in [-0.3, -0.25) is 15.2 Å². The van der Waals surface area contributed by atoms with Crippen LogP contribution in [0.15, 0.2) is 18.2 Å². The number of carbonyl (C=O) groups is 1. The van der Waals surface area contributed by atoms with E-state index in [9.17, 15) is 9.18 Å². The number of benzene rings is 1. The van der Waals surface area contributed by atoms with Gasteiger partial charge in [0, 0.05) is 5.56 Å². The summed E-state index contributed by atoms with van der Waals surface area (Å²) < 4.78 is 13.1. The topological polar surface area (TPSA) is 70.7 Å². The molecule has 17 heavy (non-hydrogen) atoms. The van der Waals surface area contributed by atoms with E-state index in [1.165, 1.54) is 12.1 Å². The van der Waals surface area contributed by atoms with Crippen LogP contribution in [-0.2, 0) is 0 Å². The van der Waals surface area contributed by atoms with E-state index in [4.69, 9.17) is 11.6 Å². The Morgan fingerprint density at radius 2 is 2.29 bits per heavy atom. The van der Waals surface area contributed by atoms with Crippen LogP contribution in [0.25, 0.3) is 0 Å². The van der Waals surface area contributed by atoms with Crippen molar-refractivity contribution in [3.8, 4) is 0 Å². The molecule has 0 aliphatic heterocycles. The van der Waals surface area contributed by atoms with E-state index in [1.807, 2.05) is 0 Å². The SMILES string of the molecule is Cc1nc(NC(=O)c2ccc(Cl)c(F)c2)n[nH]1. The molecule has 0 unspecified atom stereocenters. The molecule has 1 aromatic carbocycles. The minimum Gasteiger partial charge on any atom is -0.289 e. The molecule has 0 saturated heterocycles. The molecule has 0 fully saturated rings. The quantitative estimate of drug-likeness (QED) is 0.863. The van der Waals surface area contributed by atoms with Crippen molar-refractivity contribution >= 4 is 23.5 Å². The normalized spacial score (nSPS) is 10.3. The molecule has 0 bridgehead atoms. The molecule has 2 N–H and O–H groups in total. The van der Waals surface area contributed by atoms with Crippen LogP contribution in [0.3, 0.4) is 0 Å². The van der Waals surface area contributed by atoms with Gasteiger partial charge in [-0.15, -0.1) is 5.10 Å². The van der Waals surface area contributed by atoms with Crippen molar-refractivity contribution in [2.24, 2.45) is 0 Å². The Labute approximate surface area is 101 Å². The monoisotopic (exact) mass is 254 g/mol. The lowest BCUT2D eigenvalue weighted by molar-refractivity contribution is 0.102. The molecule has 0 spiro atoms. The smallest absolute Gasteiger partial charge is 0.258 e. The number of nitrogens with zero attached hydrogens (tertiary/aromatic N) is 2. The fourth-order valence-corrected chi connectivity index (χ4v) is 1.33. The third-order valence-corrected chi connectivity index (χ3v) is 2.31. The van der Waals surface area contributed by atoms with Gasteiger partial charge in [0.2, 0.25) is 5.95 Å². The van der Waals surface area contributed by atoms with Gasteiger partial charge >= 0.3 is 0 Å². The lowest BCUT2D eigenvalue weighted by Crippen LogP contribution is -2.13. The number of hydrogen-bond donors (Lipinski definition) is 2. The van der Waals surface area contributed by atoms with Crippen LogP contribution in [0.4, 0.5) is 10.3 Å². The fraction of sp³-hybridized carbons (Fsp3) is 0.100. The third-order valence-electron chi connectivity index (χ3n) is 2.00. The summed E-state index contributed by atoms with van der Waals surface area (Å²) in [5, 5.41) is 8.70. The van der Waals surface area contributed by atoms with E-state index >= 15 is 0 Å². The fourth-order valence-electron chi connectivity index (χ4n) is 1.21. The number of hydrogen-bond acceptors (Lipinski definition) is 3. The van der Waals surface area contributed by atoms with Gasteiger partial charge in [-0.25, -0.2) is 4.39 Å². The molecule has 0 aliphatic rings. The zero-order valence-corrected chi connectivity index (χ0v) is 9.55. The van der Waals surface area contributed by atoms with Crippen LogP contribution in [0, 0.1) is 12.7 Å². The first-order valence-corrected chi connectivity index (χ1v) is 5.09. The highest BCUT2D eigenvalue weighted by molar-refractivity contribution is 6.30. The van der Waals surface area contributed by atoms with Gasteiger partial charge < -0.3 is 0 Å². The summed E-state index contributed by atoms with van der Waals surface area (Å²) in [6.45, 7) is 1.70. The number of amides is 1. The zero-order valence-electron chi connectivity index (χ0n) is 8.79. The first-order valence-electron chi connectivity index (χ1n) is 4.71. The third kappa shape index (κ3) is 2.59. The molecule has 2 aromatic rings. The molecule has 2 rings (SSSR count). The van der Waals surface area contributed by atoms with Gasteiger partial charge in [0.1, 0.15) is 11.6 Å². The Kier molecular flexibility index (Phi) is 3.06. The number of carbonyl (C=O) groups excluding carboxylic acids is 1. The Morgan fingerprint density at radius 1 is 1.53 bits per heavy atom. The lowest BCUT2D eigenvalue weighted by atomic mass is 10.2. The van der Waals surface area contributed by atoms with Crippen molar-refractivity contribution in [3.05, 3.63) is 40.4 Å². The first-order chi connectivity index (χ1) is 8.06. The summed E-state index contributed by atoms with van der Waals surface area (Å²) in [5.74, 6) is -0.435. The standard InChI is InChI=1S/C10H8ClFN4O/c1-5-13-10(16-15-5)14-9(17)6-2-3-7(11)8(12)4-6/h2-4H,1H3,(H2,13,14,15,16,17). The summed E-state index contributed by atoms with van der Waals surface area (Å²) in [4.78, 5) is 15.6. The highest BCUT2D eigenvalue weighted by Crippen LogP contribution is 2.16. The predicted octanol–water partition coefficient (Wildman–Crippen LogP) is 2.16. The Hall–Kier alpha value is -1.95. The van der Waals surface area contributed by atoms with Crippen LogP contribution < -0.4 is 5.32 Å². The second kappa shape index (κ2) is 4.50. The maximum absolute atomic E-state index is 13.1. The van der Waals surface area contributed by atoms with Gasteiger partial charge in [-0.2, -0.15) is 4.98 Å². The summed E-state index contributed by atoms with van der Waals surface area (Å²) in [6, 6.07) is 3.78. The Bertz CT molecular complexity index is 569. The zero-order chi connectivity index (χ0) is 12.4. The van der Waals surface area contributed by atoms with E-state index in [0.717, 1.165) is 6.07 Å². The molecule has 88 valence electrons. The summed E-state index contributed by atoms with van der Waals surface area (Å²) in [5.41, 5.74) is 0.148. The first kappa shape index (κ1) is 11.5. The highest BCUT2D eigenvalue weighted by Gasteiger charge is 2.11. The molecule has 0 saturated carbocycles. The average Bonchev–Trinajstić information content (AvgIpc) is 2.68. The van der Waals surface area contributed by atoms with E-state index in [2.05, 4.69) is 20.5 Å². The minimum absolute atomic E-state index is 0.0321. The van der Waals surface area contributed by atoms with Crippen molar-refractivity contribution in [2.75, 3.05) is 5.32 Å². The number of aromatic nitrogens is 3. The van der Waals surface area contributed by atoms with E-state index < -0.39 is 11.7 Å². The molecular weight excluding hydrogens is 247 g/mol. The number of halogens is 2. The number of aryl methyl sites for hydroxylation is 1. The number of H-pyrrole nitrogens is 1. The number of rotatable bonds is 2. The molecule has 1 heterocycles. The summed E-state index contributed by atoms with van der Waals surface area (Å²) >= 11 is 5.51. The van der Waals surface area contributed by atoms with Gasteiger partial charge in [0.25, 0.3) is 5.91 Å². The second-order valence-corrected chi connectivity index (χ2v) is 3.73. The van der Waals surface area contributed by atoms with E-state index in [-0.39, 0.29) is 16.5 Å². The number of nitrogens with one attached hydrogen (secondary N) is 2. The van der Waals surface area contributed by atoms with Crippen molar-refractivity contribution in [3.63, 3.8) is 0 Å². The van der Waals surface area contributed by atoms with Crippen molar-refractivity contribution in [2.45, 2.75) is 6.92 Å². The lowest BCUT2D eigenvalue weighted by Gasteiger charge is -2.01. The van der Waals surface area contributed by atoms with Crippen LogP contribution >= 0.6 is 11.6 Å². The molecule has 7 heteroatoms. The molecule has 1 aromatic heterocycles. The summed E-state index contributed by atoms with van der Waals surface area (Å²) in [7, 11) is 0. The highest BCUT2D eigenvalue weighted by atomic mass is 35.5. The molecule has 0 atom stereocenters. The summed E-state index contributed by atoms with van der Waals surface area (Å²) in [6.07, 6.45) is 0. The van der Waals surface area contributed by atoms with E-state index in [1.54, 1.807) is 6.92 Å². The number of aromatic amines is 1. The van der Waals surface area contributed by atoms with Crippen molar-refractivity contribution in [1.82, 2.24) is 15.2 Å². The van der Waals surface area contributed by atoms with E-state index in [0.29, 0.717) is 5.82 Å². The molecule has 0 aliphatic carbocycles. The van der Waals surface area contributed by atoms with Gasteiger partial charge in [-0.1, -0.05) is 11.6 Å². The van der Waals surface area contributed by atoms with Crippen LogP contribution in [0.2, 0.25) is 5.02 Å². The maximum Gasteiger partial charge on any atom is 0.258 e. The van der Waals surface area contributed by atoms with Gasteiger partial charge in [-0.05, 0) is 25.1 Å². The Morgan fingerprint density at radius 3 is 2.88 bits per heavy atom. The molecule has 0 radical (unpaired) electrons. The molecule has 5 nitrogen and oxygen atoms in total. The van der Waals surface area contributed by atoms with Gasteiger partial charge in [0.05, 0.1) is 5.02 Å². The maximum atomic E-state index is 13.1. The van der Waals surface area contributed by atoms with Crippen LogP contribution in [0.5, 0.6) is 0 Å².